The molecule has 0 amide bonds. The van der Waals surface area contributed by atoms with Crippen molar-refractivity contribution in [3.63, 3.8) is 0 Å². The van der Waals surface area contributed by atoms with Gasteiger partial charge in [-0.15, -0.1) is 0 Å². The van der Waals surface area contributed by atoms with E-state index in [2.05, 4.69) is 145 Å². The monoisotopic (exact) mass is 438 g/mol. The Hall–Kier alpha value is -4.30. The van der Waals surface area contributed by atoms with Crippen LogP contribution in [0.3, 0.4) is 0 Å². The summed E-state index contributed by atoms with van der Waals surface area (Å²) in [7, 11) is 4.18. The van der Waals surface area contributed by atoms with Crippen molar-refractivity contribution in [3.8, 4) is 27.9 Å². The Kier molecular flexibility index (Phi) is 4.92. The van der Waals surface area contributed by atoms with Crippen molar-refractivity contribution in [2.45, 2.75) is 0 Å². The topological polar surface area (TPSA) is 8.17 Å². The summed E-state index contributed by atoms with van der Waals surface area (Å²) in [6.45, 7) is 0. The third-order valence-corrected chi connectivity index (χ3v) is 6.60. The molecular formula is C32H26N2. The van der Waals surface area contributed by atoms with Gasteiger partial charge in [-0.25, -0.2) is 0 Å². The average molecular weight is 439 g/mol. The van der Waals surface area contributed by atoms with Gasteiger partial charge in [0.05, 0.1) is 11.0 Å². The molecule has 0 saturated carbocycles. The number of fused-ring (bicyclic) bond motifs is 3. The van der Waals surface area contributed by atoms with Crippen molar-refractivity contribution >= 4 is 27.5 Å². The summed E-state index contributed by atoms with van der Waals surface area (Å²) in [6.07, 6.45) is 0. The average Bonchev–Trinajstić information content (AvgIpc) is 3.23. The Labute approximate surface area is 200 Å². The van der Waals surface area contributed by atoms with E-state index in [9.17, 15) is 0 Å². The van der Waals surface area contributed by atoms with E-state index in [0.29, 0.717) is 0 Å². The minimum atomic E-state index is 1.18. The molecule has 0 aliphatic carbocycles. The van der Waals surface area contributed by atoms with E-state index in [1.54, 1.807) is 0 Å². The molecule has 34 heavy (non-hydrogen) atoms. The van der Waals surface area contributed by atoms with E-state index in [0.717, 1.165) is 0 Å². The first-order valence-corrected chi connectivity index (χ1v) is 11.7. The summed E-state index contributed by atoms with van der Waals surface area (Å²) >= 11 is 0. The van der Waals surface area contributed by atoms with Gasteiger partial charge < -0.3 is 9.47 Å². The highest BCUT2D eigenvalue weighted by Crippen LogP contribution is 2.36. The molecule has 0 spiro atoms. The molecule has 0 bridgehead atoms. The van der Waals surface area contributed by atoms with Gasteiger partial charge in [-0.3, -0.25) is 0 Å². The van der Waals surface area contributed by atoms with Gasteiger partial charge >= 0.3 is 0 Å². The number of benzene rings is 5. The van der Waals surface area contributed by atoms with Crippen LogP contribution in [0.5, 0.6) is 0 Å². The molecule has 164 valence electrons. The largest absolute Gasteiger partial charge is 0.377 e. The van der Waals surface area contributed by atoms with Crippen LogP contribution >= 0.6 is 0 Å². The standard InChI is InChI=1S/C32H26N2/c1-33(2)30-14-8-6-12-27(30)24-18-16-23(17-19-24)25-20-21-29-28-13-7-9-15-31(28)34(32(29)22-25)26-10-4-3-5-11-26/h3-22H,1-2H3. The van der Waals surface area contributed by atoms with E-state index < -0.39 is 0 Å². The maximum absolute atomic E-state index is 2.37. The molecule has 0 N–H and O–H groups in total. The first-order valence-electron chi connectivity index (χ1n) is 11.7. The molecule has 0 saturated heterocycles. The van der Waals surface area contributed by atoms with Gasteiger partial charge in [0.2, 0.25) is 0 Å². The lowest BCUT2D eigenvalue weighted by molar-refractivity contribution is 1.13. The van der Waals surface area contributed by atoms with Gasteiger partial charge in [0.15, 0.2) is 0 Å². The zero-order valence-corrected chi connectivity index (χ0v) is 19.4. The van der Waals surface area contributed by atoms with Crippen molar-refractivity contribution in [2.75, 3.05) is 19.0 Å². The molecule has 2 nitrogen and oxygen atoms in total. The van der Waals surface area contributed by atoms with E-state index in [-0.39, 0.29) is 0 Å². The predicted octanol–water partition coefficient (Wildman–Crippen LogP) is 8.18. The fourth-order valence-electron chi connectivity index (χ4n) is 4.96. The Balaban J connectivity index is 1.49. The summed E-state index contributed by atoms with van der Waals surface area (Å²) in [5.74, 6) is 0. The van der Waals surface area contributed by atoms with Crippen LogP contribution in [0.2, 0.25) is 0 Å². The third kappa shape index (κ3) is 3.36. The normalized spacial score (nSPS) is 11.2. The molecule has 1 heterocycles. The zero-order valence-electron chi connectivity index (χ0n) is 19.4. The highest BCUT2D eigenvalue weighted by molar-refractivity contribution is 6.10. The molecule has 6 rings (SSSR count). The van der Waals surface area contributed by atoms with Crippen LogP contribution in [0.15, 0.2) is 121 Å². The second kappa shape index (κ2) is 8.24. The highest BCUT2D eigenvalue weighted by Gasteiger charge is 2.13. The molecular weight excluding hydrogens is 412 g/mol. The molecule has 0 aliphatic rings. The number of para-hydroxylation sites is 3. The first-order chi connectivity index (χ1) is 16.7. The van der Waals surface area contributed by atoms with Crippen molar-refractivity contribution in [2.24, 2.45) is 0 Å². The van der Waals surface area contributed by atoms with E-state index >= 15 is 0 Å². The summed E-state index contributed by atoms with van der Waals surface area (Å²) in [4.78, 5) is 2.17. The van der Waals surface area contributed by atoms with Crippen LogP contribution < -0.4 is 4.90 Å². The number of nitrogens with zero attached hydrogens (tertiary/aromatic N) is 2. The molecule has 0 atom stereocenters. The lowest BCUT2D eigenvalue weighted by Gasteiger charge is -2.17. The van der Waals surface area contributed by atoms with Crippen molar-refractivity contribution < 1.29 is 0 Å². The molecule has 6 aromatic rings. The Morgan fingerprint density at radius 1 is 0.500 bits per heavy atom. The highest BCUT2D eigenvalue weighted by atomic mass is 15.1. The second-order valence-electron chi connectivity index (χ2n) is 8.91. The van der Waals surface area contributed by atoms with Gasteiger partial charge in [-0.05, 0) is 47.0 Å². The van der Waals surface area contributed by atoms with Crippen LogP contribution in [0.1, 0.15) is 0 Å². The van der Waals surface area contributed by atoms with Crippen LogP contribution in [0.4, 0.5) is 5.69 Å². The Morgan fingerprint density at radius 2 is 1.12 bits per heavy atom. The number of aromatic nitrogens is 1. The van der Waals surface area contributed by atoms with Crippen molar-refractivity contribution in [3.05, 3.63) is 121 Å². The van der Waals surface area contributed by atoms with Crippen molar-refractivity contribution in [1.82, 2.24) is 4.57 Å². The molecule has 1 aromatic heterocycles. The number of anilines is 1. The summed E-state index contributed by atoms with van der Waals surface area (Å²) in [5, 5.41) is 2.56. The van der Waals surface area contributed by atoms with Gasteiger partial charge in [0.25, 0.3) is 0 Å². The number of hydrogen-bond acceptors (Lipinski definition) is 1. The lowest BCUT2D eigenvalue weighted by Crippen LogP contribution is -2.09. The molecule has 0 aliphatic heterocycles. The minimum absolute atomic E-state index is 1.18. The first kappa shape index (κ1) is 20.3. The number of hydrogen-bond donors (Lipinski definition) is 0. The van der Waals surface area contributed by atoms with Crippen LogP contribution in [0.25, 0.3) is 49.7 Å². The molecule has 5 aromatic carbocycles. The summed E-state index contributed by atoms with van der Waals surface area (Å²) in [6, 6.07) is 43.6. The van der Waals surface area contributed by atoms with Gasteiger partial charge in [0.1, 0.15) is 0 Å². The maximum atomic E-state index is 2.37. The second-order valence-corrected chi connectivity index (χ2v) is 8.91. The van der Waals surface area contributed by atoms with Crippen LogP contribution in [-0.2, 0) is 0 Å². The van der Waals surface area contributed by atoms with Crippen molar-refractivity contribution in [1.29, 1.82) is 0 Å². The smallest absolute Gasteiger partial charge is 0.0547 e. The predicted molar refractivity (Wildman–Crippen MR) is 146 cm³/mol. The fourth-order valence-corrected chi connectivity index (χ4v) is 4.96. The molecule has 0 fully saturated rings. The van der Waals surface area contributed by atoms with Gasteiger partial charge in [-0.1, -0.05) is 91.0 Å². The van der Waals surface area contributed by atoms with Gasteiger partial charge in [0, 0.05) is 41.8 Å². The summed E-state index contributed by atoms with van der Waals surface area (Å²) in [5.41, 5.74) is 9.79. The lowest BCUT2D eigenvalue weighted by atomic mass is 9.98. The SMILES string of the molecule is CN(C)c1ccccc1-c1ccc(-c2ccc3c4ccccc4n(-c4ccccc4)c3c2)cc1. The fraction of sp³-hybridized carbons (Fsp3) is 0.0625. The van der Waals surface area contributed by atoms with Crippen LogP contribution in [0, 0.1) is 0 Å². The Bertz CT molecular complexity index is 1610. The van der Waals surface area contributed by atoms with Gasteiger partial charge in [-0.2, -0.15) is 0 Å². The zero-order chi connectivity index (χ0) is 23.1. The van der Waals surface area contributed by atoms with Crippen LogP contribution in [-0.4, -0.2) is 18.7 Å². The van der Waals surface area contributed by atoms with E-state index in [1.807, 2.05) is 0 Å². The molecule has 2 heteroatoms. The number of rotatable bonds is 4. The minimum Gasteiger partial charge on any atom is -0.377 e. The third-order valence-electron chi connectivity index (χ3n) is 6.60. The maximum Gasteiger partial charge on any atom is 0.0547 e. The Morgan fingerprint density at radius 3 is 1.91 bits per heavy atom. The summed E-state index contributed by atoms with van der Waals surface area (Å²) < 4.78 is 2.37. The van der Waals surface area contributed by atoms with E-state index in [1.165, 1.54) is 55.4 Å². The van der Waals surface area contributed by atoms with E-state index in [4.69, 9.17) is 0 Å². The molecule has 0 unspecified atom stereocenters. The quantitative estimate of drug-likeness (QED) is 0.269. The molecule has 0 radical (unpaired) electrons.